The van der Waals surface area contributed by atoms with E-state index in [4.69, 9.17) is 0 Å². The smallest absolute Gasteiger partial charge is 0.223 e. The number of benzene rings is 1. The maximum Gasteiger partial charge on any atom is 0.223 e. The zero-order chi connectivity index (χ0) is 16.5. The molecule has 1 amide bonds. The average Bonchev–Trinajstić information content (AvgIpc) is 2.43. The molecule has 0 aromatic heterocycles. The van der Waals surface area contributed by atoms with Gasteiger partial charge in [-0.2, -0.15) is 0 Å². The first-order chi connectivity index (χ1) is 10.2. The van der Waals surface area contributed by atoms with E-state index in [0.29, 0.717) is 18.9 Å². The normalized spacial score (nSPS) is 16.6. The fraction of sp³-hybridized carbons (Fsp3) is 0.632. The largest absolute Gasteiger partial charge is 0.388 e. The van der Waals surface area contributed by atoms with E-state index >= 15 is 0 Å². The third kappa shape index (κ3) is 3.89. The van der Waals surface area contributed by atoms with E-state index in [2.05, 4.69) is 26.0 Å². The van der Waals surface area contributed by atoms with Gasteiger partial charge in [-0.15, -0.1) is 0 Å². The summed E-state index contributed by atoms with van der Waals surface area (Å²) >= 11 is 0. The van der Waals surface area contributed by atoms with Gasteiger partial charge in [0.25, 0.3) is 0 Å². The second-order valence-electron chi connectivity index (χ2n) is 7.96. The topological polar surface area (TPSA) is 40.5 Å². The monoisotopic (exact) mass is 303 g/mol. The molecular weight excluding hydrogens is 274 g/mol. The van der Waals surface area contributed by atoms with E-state index < -0.39 is 6.10 Å². The fourth-order valence-corrected chi connectivity index (χ4v) is 2.94. The third-order valence-corrected chi connectivity index (χ3v) is 4.31. The van der Waals surface area contributed by atoms with Crippen molar-refractivity contribution in [3.05, 3.63) is 34.9 Å². The Bertz CT molecular complexity index is 543. The van der Waals surface area contributed by atoms with Gasteiger partial charge in [0, 0.05) is 19.5 Å². The first-order valence-electron chi connectivity index (χ1n) is 8.26. The Hall–Kier alpha value is -1.35. The predicted octanol–water partition coefficient (Wildman–Crippen LogP) is 3.70. The molecule has 1 aromatic rings. The van der Waals surface area contributed by atoms with Gasteiger partial charge in [0.1, 0.15) is 0 Å². The second kappa shape index (κ2) is 6.41. The molecule has 0 saturated carbocycles. The van der Waals surface area contributed by atoms with Crippen LogP contribution in [0.5, 0.6) is 0 Å². The number of hydrogen-bond donors (Lipinski definition) is 1. The summed E-state index contributed by atoms with van der Waals surface area (Å²) in [5, 5.41) is 10.5. The second-order valence-corrected chi connectivity index (χ2v) is 7.96. The summed E-state index contributed by atoms with van der Waals surface area (Å²) in [7, 11) is 0. The van der Waals surface area contributed by atoms with Crippen molar-refractivity contribution in [1.82, 2.24) is 4.90 Å². The van der Waals surface area contributed by atoms with Gasteiger partial charge >= 0.3 is 0 Å². The molecule has 1 aliphatic rings. The molecule has 0 fully saturated rings. The van der Waals surface area contributed by atoms with E-state index in [1.165, 1.54) is 11.1 Å². The van der Waals surface area contributed by atoms with Crippen molar-refractivity contribution in [2.45, 2.75) is 60.1 Å². The molecule has 3 nitrogen and oxygen atoms in total. The van der Waals surface area contributed by atoms with Gasteiger partial charge in [-0.3, -0.25) is 4.79 Å². The lowest BCUT2D eigenvalue weighted by molar-refractivity contribution is -0.132. The van der Waals surface area contributed by atoms with E-state index in [1.807, 2.05) is 31.7 Å². The van der Waals surface area contributed by atoms with Crippen LogP contribution >= 0.6 is 0 Å². The summed E-state index contributed by atoms with van der Waals surface area (Å²) in [5.74, 6) is 0.630. The zero-order valence-electron chi connectivity index (χ0n) is 14.5. The molecule has 1 atom stereocenters. The molecule has 1 heterocycles. The quantitative estimate of drug-likeness (QED) is 0.925. The van der Waals surface area contributed by atoms with Crippen molar-refractivity contribution in [3.8, 4) is 0 Å². The molecule has 1 aromatic carbocycles. The third-order valence-electron chi connectivity index (χ3n) is 4.31. The van der Waals surface area contributed by atoms with Crippen LogP contribution in [0.15, 0.2) is 18.2 Å². The Kier molecular flexibility index (Phi) is 4.96. The van der Waals surface area contributed by atoms with Crippen LogP contribution in [0.4, 0.5) is 0 Å². The van der Waals surface area contributed by atoms with Gasteiger partial charge in [0.2, 0.25) is 5.91 Å². The van der Waals surface area contributed by atoms with Crippen LogP contribution in [0.2, 0.25) is 0 Å². The minimum absolute atomic E-state index is 0.184. The summed E-state index contributed by atoms with van der Waals surface area (Å²) < 4.78 is 0. The van der Waals surface area contributed by atoms with Crippen LogP contribution in [-0.2, 0) is 17.8 Å². The molecule has 122 valence electrons. The van der Waals surface area contributed by atoms with Crippen LogP contribution in [-0.4, -0.2) is 22.5 Å². The van der Waals surface area contributed by atoms with E-state index in [9.17, 15) is 9.90 Å². The molecule has 22 heavy (non-hydrogen) atoms. The lowest BCUT2D eigenvalue weighted by Gasteiger charge is -2.31. The Balaban J connectivity index is 2.18. The average molecular weight is 303 g/mol. The highest BCUT2D eigenvalue weighted by Crippen LogP contribution is 2.34. The number of carbonyl (C=O) groups excluding carboxylic acids is 1. The Morgan fingerprint density at radius 2 is 1.95 bits per heavy atom. The molecule has 0 aliphatic carbocycles. The van der Waals surface area contributed by atoms with E-state index in [0.717, 1.165) is 18.5 Å². The van der Waals surface area contributed by atoms with Crippen LogP contribution in [0, 0.1) is 11.3 Å². The first kappa shape index (κ1) is 17.0. The molecule has 0 saturated heterocycles. The molecule has 1 aliphatic heterocycles. The van der Waals surface area contributed by atoms with Gasteiger partial charge in [0.05, 0.1) is 6.10 Å². The van der Waals surface area contributed by atoms with Crippen LogP contribution < -0.4 is 0 Å². The molecule has 3 heteroatoms. The molecule has 1 unspecified atom stereocenters. The number of hydrogen-bond acceptors (Lipinski definition) is 2. The molecule has 0 bridgehead atoms. The summed E-state index contributed by atoms with van der Waals surface area (Å²) in [6, 6.07) is 6.23. The van der Waals surface area contributed by atoms with Gasteiger partial charge in [-0.25, -0.2) is 0 Å². The molecule has 0 radical (unpaired) electrons. The molecule has 1 N–H and O–H groups in total. The lowest BCUT2D eigenvalue weighted by atomic mass is 9.83. The maximum atomic E-state index is 12.3. The maximum absolute atomic E-state index is 12.3. The van der Waals surface area contributed by atoms with E-state index in [-0.39, 0.29) is 11.3 Å². The SMILES string of the molecule is CC(C)CC(=O)N1CCc2ccc(C(O)C(C)(C)C)cc2C1. The highest BCUT2D eigenvalue weighted by Gasteiger charge is 2.26. The van der Waals surface area contributed by atoms with E-state index in [1.54, 1.807) is 0 Å². The number of aliphatic hydroxyl groups is 1. The molecular formula is C19H29NO2. The standard InChI is InChI=1S/C19H29NO2/c1-13(2)10-17(21)20-9-8-14-6-7-15(11-16(14)12-20)18(22)19(3,4)5/h6-7,11,13,18,22H,8-10,12H2,1-5H3. The minimum Gasteiger partial charge on any atom is -0.388 e. The van der Waals surface area contributed by atoms with Crippen molar-refractivity contribution in [1.29, 1.82) is 0 Å². The van der Waals surface area contributed by atoms with Gasteiger partial charge in [-0.05, 0) is 34.4 Å². The summed E-state index contributed by atoms with van der Waals surface area (Å²) in [4.78, 5) is 14.2. The highest BCUT2D eigenvalue weighted by atomic mass is 16.3. The minimum atomic E-state index is -0.487. The Labute approximate surface area is 134 Å². The van der Waals surface area contributed by atoms with Gasteiger partial charge in [-0.1, -0.05) is 52.8 Å². The fourth-order valence-electron chi connectivity index (χ4n) is 2.94. The number of carbonyl (C=O) groups is 1. The first-order valence-corrected chi connectivity index (χ1v) is 8.26. The lowest BCUT2D eigenvalue weighted by Crippen LogP contribution is -2.36. The highest BCUT2D eigenvalue weighted by molar-refractivity contribution is 5.76. The summed E-state index contributed by atoms with van der Waals surface area (Å²) in [5.41, 5.74) is 3.25. The van der Waals surface area contributed by atoms with Gasteiger partial charge < -0.3 is 10.0 Å². The summed E-state index contributed by atoms with van der Waals surface area (Å²) in [6.45, 7) is 11.7. The van der Waals surface area contributed by atoms with Crippen molar-refractivity contribution in [3.63, 3.8) is 0 Å². The predicted molar refractivity (Wildman–Crippen MR) is 89.4 cm³/mol. The van der Waals surface area contributed by atoms with Gasteiger partial charge in [0.15, 0.2) is 0 Å². The van der Waals surface area contributed by atoms with Crippen molar-refractivity contribution >= 4 is 5.91 Å². The van der Waals surface area contributed by atoms with Crippen LogP contribution in [0.1, 0.15) is 63.8 Å². The number of aliphatic hydroxyl groups excluding tert-OH is 1. The Morgan fingerprint density at radius 3 is 2.55 bits per heavy atom. The Morgan fingerprint density at radius 1 is 1.27 bits per heavy atom. The number of fused-ring (bicyclic) bond motifs is 1. The summed E-state index contributed by atoms with van der Waals surface area (Å²) in [6.07, 6.45) is 1.03. The molecule has 2 rings (SSSR count). The number of amides is 1. The van der Waals surface area contributed by atoms with Crippen molar-refractivity contribution in [2.75, 3.05) is 6.54 Å². The number of rotatable bonds is 3. The molecule has 0 spiro atoms. The van der Waals surface area contributed by atoms with Crippen LogP contribution in [0.25, 0.3) is 0 Å². The number of nitrogens with zero attached hydrogens (tertiary/aromatic N) is 1. The van der Waals surface area contributed by atoms with Crippen molar-refractivity contribution < 1.29 is 9.90 Å². The van der Waals surface area contributed by atoms with Crippen molar-refractivity contribution in [2.24, 2.45) is 11.3 Å². The van der Waals surface area contributed by atoms with Crippen LogP contribution in [0.3, 0.4) is 0 Å². The zero-order valence-corrected chi connectivity index (χ0v) is 14.5.